The van der Waals surface area contributed by atoms with E-state index in [4.69, 9.17) is 16.6 Å². The maximum Gasteiger partial charge on any atom is 0.228 e. The Bertz CT molecular complexity index is 903. The van der Waals surface area contributed by atoms with Gasteiger partial charge in [-0.25, -0.2) is 0 Å². The molecular formula is C25H30ClN3O2. The minimum atomic E-state index is -0.337. The Morgan fingerprint density at radius 3 is 2.35 bits per heavy atom. The van der Waals surface area contributed by atoms with E-state index in [-0.39, 0.29) is 17.1 Å². The van der Waals surface area contributed by atoms with Gasteiger partial charge in [0.25, 0.3) is 0 Å². The van der Waals surface area contributed by atoms with Gasteiger partial charge in [0.05, 0.1) is 27.8 Å². The van der Waals surface area contributed by atoms with Gasteiger partial charge in [0.1, 0.15) is 0 Å². The number of piperazine rings is 1. The van der Waals surface area contributed by atoms with Crippen molar-refractivity contribution in [3.05, 3.63) is 35.0 Å². The van der Waals surface area contributed by atoms with Crippen molar-refractivity contribution in [2.24, 2.45) is 34.1 Å². The largest absolute Gasteiger partial charge is 0.340 e. The first-order valence-corrected chi connectivity index (χ1v) is 12.3. The minimum absolute atomic E-state index is 0.0478. The highest BCUT2D eigenvalue weighted by atomic mass is 35.5. The lowest BCUT2D eigenvalue weighted by Gasteiger charge is -2.57. The van der Waals surface area contributed by atoms with Crippen molar-refractivity contribution in [3.8, 4) is 0 Å². The average Bonchev–Trinajstić information content (AvgIpc) is 2.74. The van der Waals surface area contributed by atoms with Crippen LogP contribution in [0.15, 0.2) is 40.0 Å². The van der Waals surface area contributed by atoms with Gasteiger partial charge in [-0.1, -0.05) is 23.8 Å². The molecule has 0 aromatic heterocycles. The number of carbonyl (C=O) groups excluding carboxylic acids is 2. The lowest BCUT2D eigenvalue weighted by molar-refractivity contribution is -0.159. The summed E-state index contributed by atoms with van der Waals surface area (Å²) < 4.78 is 0. The first-order valence-electron chi connectivity index (χ1n) is 11.9. The molecule has 0 N–H and O–H groups in total. The molecule has 0 aromatic rings. The molecule has 4 bridgehead atoms. The normalized spacial score (nSPS) is 39.2. The van der Waals surface area contributed by atoms with E-state index in [0.717, 1.165) is 68.9 Å². The maximum absolute atomic E-state index is 13.6. The number of allylic oxidation sites excluding steroid dienone is 5. The number of halogens is 1. The maximum atomic E-state index is 13.6. The van der Waals surface area contributed by atoms with Gasteiger partial charge >= 0.3 is 0 Å². The zero-order valence-electron chi connectivity index (χ0n) is 17.9. The fourth-order valence-electron chi connectivity index (χ4n) is 7.50. The predicted molar refractivity (Wildman–Crippen MR) is 121 cm³/mol. The van der Waals surface area contributed by atoms with Crippen LogP contribution in [0.25, 0.3) is 0 Å². The number of hydrogen-bond donors (Lipinski definition) is 0. The van der Waals surface area contributed by atoms with Crippen LogP contribution in [0.4, 0.5) is 0 Å². The Kier molecular flexibility index (Phi) is 4.77. The Morgan fingerprint density at radius 1 is 1.06 bits per heavy atom. The van der Waals surface area contributed by atoms with Crippen molar-refractivity contribution in [1.29, 1.82) is 0 Å². The van der Waals surface area contributed by atoms with Crippen LogP contribution in [0, 0.1) is 29.1 Å². The SMILES string of the molecule is O=C1C=C(CN2CCN(C(=O)C34CC5CC(CC(C5)C3)C4)CC2)N=C2C(Cl)=CC=CC12. The Hall–Kier alpha value is -1.72. The van der Waals surface area contributed by atoms with Crippen LogP contribution in [0.2, 0.25) is 0 Å². The highest BCUT2D eigenvalue weighted by Crippen LogP contribution is 2.60. The molecule has 7 rings (SSSR count). The average molecular weight is 440 g/mol. The van der Waals surface area contributed by atoms with Crippen LogP contribution >= 0.6 is 11.6 Å². The third kappa shape index (κ3) is 3.45. The molecule has 0 radical (unpaired) electrons. The molecule has 7 aliphatic rings. The fraction of sp³-hybridized carbons (Fsp3) is 0.640. The van der Waals surface area contributed by atoms with E-state index in [9.17, 15) is 9.59 Å². The molecule has 1 saturated heterocycles. The molecule has 4 saturated carbocycles. The molecule has 6 heteroatoms. The van der Waals surface area contributed by atoms with Crippen molar-refractivity contribution in [3.63, 3.8) is 0 Å². The summed E-state index contributed by atoms with van der Waals surface area (Å²) in [5.41, 5.74) is 1.40. The Balaban J connectivity index is 1.09. The van der Waals surface area contributed by atoms with Crippen molar-refractivity contribution >= 4 is 29.0 Å². The second kappa shape index (κ2) is 7.41. The zero-order chi connectivity index (χ0) is 21.2. The molecule has 2 heterocycles. The highest BCUT2D eigenvalue weighted by Gasteiger charge is 2.55. The molecule has 164 valence electrons. The van der Waals surface area contributed by atoms with Crippen molar-refractivity contribution in [2.75, 3.05) is 32.7 Å². The molecule has 0 spiro atoms. The van der Waals surface area contributed by atoms with Crippen molar-refractivity contribution in [2.45, 2.75) is 38.5 Å². The van der Waals surface area contributed by atoms with Crippen LogP contribution in [0.3, 0.4) is 0 Å². The summed E-state index contributed by atoms with van der Waals surface area (Å²) in [5, 5.41) is 0.553. The van der Waals surface area contributed by atoms with Crippen molar-refractivity contribution in [1.82, 2.24) is 9.80 Å². The summed E-state index contributed by atoms with van der Waals surface area (Å²) >= 11 is 6.29. The molecule has 5 fully saturated rings. The lowest BCUT2D eigenvalue weighted by atomic mass is 9.49. The summed E-state index contributed by atoms with van der Waals surface area (Å²) in [6.07, 6.45) is 14.6. The van der Waals surface area contributed by atoms with Gasteiger partial charge in [-0.3, -0.25) is 19.5 Å². The van der Waals surface area contributed by atoms with E-state index in [2.05, 4.69) is 9.80 Å². The standard InChI is InChI=1S/C25H30ClN3O2/c26-21-3-1-2-20-22(30)11-19(27-23(20)21)15-28-4-6-29(7-5-28)24(31)25-12-16-8-17(13-25)10-18(9-16)14-25/h1-3,11,16-18,20H,4-10,12-15H2. The molecule has 31 heavy (non-hydrogen) atoms. The van der Waals surface area contributed by atoms with Crippen LogP contribution in [0.1, 0.15) is 38.5 Å². The van der Waals surface area contributed by atoms with Crippen LogP contribution in [-0.2, 0) is 9.59 Å². The van der Waals surface area contributed by atoms with Crippen LogP contribution < -0.4 is 0 Å². The Morgan fingerprint density at radius 2 is 1.71 bits per heavy atom. The third-order valence-corrected chi connectivity index (χ3v) is 8.82. The fourth-order valence-corrected chi connectivity index (χ4v) is 7.73. The second-order valence-corrected chi connectivity index (χ2v) is 11.1. The zero-order valence-corrected chi connectivity index (χ0v) is 18.7. The number of nitrogens with zero attached hydrogens (tertiary/aromatic N) is 3. The number of hydrogen-bond acceptors (Lipinski definition) is 4. The van der Waals surface area contributed by atoms with E-state index < -0.39 is 0 Å². The van der Waals surface area contributed by atoms with Gasteiger partial charge in [0.15, 0.2) is 5.78 Å². The lowest BCUT2D eigenvalue weighted by Crippen LogP contribution is -2.58. The molecule has 2 aliphatic heterocycles. The second-order valence-electron chi connectivity index (χ2n) is 10.7. The summed E-state index contributed by atoms with van der Waals surface area (Å²) in [4.78, 5) is 35.2. The summed E-state index contributed by atoms with van der Waals surface area (Å²) in [5.74, 6) is 2.54. The molecule has 5 nitrogen and oxygen atoms in total. The summed E-state index contributed by atoms with van der Waals surface area (Å²) in [6, 6.07) is 0. The molecule has 1 atom stereocenters. The number of aliphatic imine (C=N–C) groups is 1. The van der Waals surface area contributed by atoms with Gasteiger partial charge in [0, 0.05) is 38.8 Å². The third-order valence-electron chi connectivity index (χ3n) is 8.50. The van der Waals surface area contributed by atoms with Gasteiger partial charge in [-0.15, -0.1) is 0 Å². The van der Waals surface area contributed by atoms with Crippen molar-refractivity contribution < 1.29 is 9.59 Å². The number of carbonyl (C=O) groups is 2. The van der Waals surface area contributed by atoms with E-state index in [1.807, 2.05) is 12.2 Å². The number of rotatable bonds is 3. The highest BCUT2D eigenvalue weighted by molar-refractivity contribution is 6.46. The first-order chi connectivity index (χ1) is 15.0. The van der Waals surface area contributed by atoms with Gasteiger partial charge < -0.3 is 4.90 Å². The molecule has 1 amide bonds. The van der Waals surface area contributed by atoms with E-state index in [1.165, 1.54) is 19.3 Å². The summed E-state index contributed by atoms with van der Waals surface area (Å²) in [6.45, 7) is 3.87. The van der Waals surface area contributed by atoms with E-state index in [0.29, 0.717) is 23.2 Å². The first kappa shape index (κ1) is 19.9. The van der Waals surface area contributed by atoms with Gasteiger partial charge in [0.2, 0.25) is 5.91 Å². The van der Waals surface area contributed by atoms with Gasteiger partial charge in [-0.2, -0.15) is 0 Å². The Labute approximate surface area is 188 Å². The molecule has 5 aliphatic carbocycles. The number of fused-ring (bicyclic) bond motifs is 1. The van der Waals surface area contributed by atoms with Crippen LogP contribution in [-0.4, -0.2) is 59.9 Å². The molecule has 1 unspecified atom stereocenters. The topological polar surface area (TPSA) is 53.0 Å². The monoisotopic (exact) mass is 439 g/mol. The quantitative estimate of drug-likeness (QED) is 0.675. The number of ketones is 1. The number of amides is 1. The van der Waals surface area contributed by atoms with E-state index >= 15 is 0 Å². The van der Waals surface area contributed by atoms with Gasteiger partial charge in [-0.05, 0) is 62.4 Å². The van der Waals surface area contributed by atoms with E-state index in [1.54, 1.807) is 12.2 Å². The summed E-state index contributed by atoms with van der Waals surface area (Å²) in [7, 11) is 0. The predicted octanol–water partition coefficient (Wildman–Crippen LogP) is 3.56. The van der Waals surface area contributed by atoms with Crippen LogP contribution in [0.5, 0.6) is 0 Å². The smallest absolute Gasteiger partial charge is 0.228 e. The molecule has 0 aromatic carbocycles. The minimum Gasteiger partial charge on any atom is -0.340 e. The molecular weight excluding hydrogens is 410 g/mol.